The van der Waals surface area contributed by atoms with E-state index in [1.807, 2.05) is 13.0 Å². The van der Waals surface area contributed by atoms with Gasteiger partial charge in [0, 0.05) is 20.2 Å². The number of para-hydroxylation sites is 1. The van der Waals surface area contributed by atoms with Gasteiger partial charge in [0.05, 0.1) is 35.6 Å². The van der Waals surface area contributed by atoms with Crippen LogP contribution in [0.1, 0.15) is 32.1 Å². The average Bonchev–Trinajstić information content (AvgIpc) is 2.81. The zero-order valence-corrected chi connectivity index (χ0v) is 19.6. The molecule has 0 N–H and O–H groups in total. The minimum Gasteiger partial charge on any atom is -0.497 e. The third-order valence-corrected chi connectivity index (χ3v) is 7.31. The predicted octanol–water partition coefficient (Wildman–Crippen LogP) is 3.21. The Morgan fingerprint density at radius 2 is 1.78 bits per heavy atom. The summed E-state index contributed by atoms with van der Waals surface area (Å²) >= 11 is 0. The lowest BCUT2D eigenvalue weighted by molar-refractivity contribution is 0.166. The van der Waals surface area contributed by atoms with Gasteiger partial charge in [0.15, 0.2) is 0 Å². The standard InChI is InChI=1S/C23H29N3O5S/c1-5-14-25-22(24-21-9-7-6-8-20(21)23(25)27)17(2)26(15-16-30-3)32(28,29)19-12-10-18(31-4)11-13-19/h6-13,17H,5,14-16H2,1-4H3. The summed E-state index contributed by atoms with van der Waals surface area (Å²) in [6.07, 6.45) is 0.711. The number of hydrogen-bond donors (Lipinski definition) is 0. The van der Waals surface area contributed by atoms with Gasteiger partial charge in [-0.1, -0.05) is 19.1 Å². The number of hydrogen-bond acceptors (Lipinski definition) is 6. The molecule has 3 rings (SSSR count). The Balaban J connectivity index is 2.15. The second kappa shape index (κ2) is 10.2. The van der Waals surface area contributed by atoms with Crippen molar-refractivity contribution >= 4 is 20.9 Å². The topological polar surface area (TPSA) is 90.7 Å². The molecule has 0 amide bonds. The Bertz CT molecular complexity index is 1220. The molecule has 32 heavy (non-hydrogen) atoms. The molecule has 0 saturated heterocycles. The molecule has 9 heteroatoms. The molecule has 0 aliphatic rings. The molecule has 0 aliphatic heterocycles. The maximum absolute atomic E-state index is 13.6. The molecule has 3 aromatic rings. The molecular formula is C23H29N3O5S. The summed E-state index contributed by atoms with van der Waals surface area (Å²) in [5.41, 5.74) is 0.369. The lowest BCUT2D eigenvalue weighted by atomic mass is 10.2. The van der Waals surface area contributed by atoms with Crippen molar-refractivity contribution in [2.45, 2.75) is 37.8 Å². The van der Waals surface area contributed by atoms with Crippen LogP contribution in [0.5, 0.6) is 5.75 Å². The van der Waals surface area contributed by atoms with Gasteiger partial charge in [-0.15, -0.1) is 0 Å². The summed E-state index contributed by atoms with van der Waals surface area (Å²) in [6.45, 7) is 4.47. The Morgan fingerprint density at radius 1 is 1.09 bits per heavy atom. The molecule has 172 valence electrons. The Hall–Kier alpha value is -2.75. The molecular weight excluding hydrogens is 430 g/mol. The molecule has 0 aliphatic carbocycles. The van der Waals surface area contributed by atoms with Crippen molar-refractivity contribution in [2.24, 2.45) is 0 Å². The second-order valence-corrected chi connectivity index (χ2v) is 9.29. The minimum absolute atomic E-state index is 0.112. The minimum atomic E-state index is -3.90. The first-order valence-electron chi connectivity index (χ1n) is 10.5. The number of fused-ring (bicyclic) bond motifs is 1. The normalized spacial score (nSPS) is 12.9. The first-order chi connectivity index (χ1) is 15.3. The summed E-state index contributed by atoms with van der Waals surface area (Å²) in [5.74, 6) is 0.970. The molecule has 1 heterocycles. The number of benzene rings is 2. The van der Waals surface area contributed by atoms with E-state index >= 15 is 0 Å². The molecule has 0 fully saturated rings. The van der Waals surface area contributed by atoms with Crippen LogP contribution in [0.4, 0.5) is 0 Å². The van der Waals surface area contributed by atoms with Crippen LogP contribution >= 0.6 is 0 Å². The van der Waals surface area contributed by atoms with Crippen LogP contribution in [0.15, 0.2) is 58.2 Å². The van der Waals surface area contributed by atoms with Crippen molar-refractivity contribution in [3.8, 4) is 5.75 Å². The molecule has 2 aromatic carbocycles. The third kappa shape index (κ3) is 4.69. The van der Waals surface area contributed by atoms with Crippen LogP contribution in [-0.2, 0) is 21.3 Å². The van der Waals surface area contributed by atoms with E-state index in [0.29, 0.717) is 35.4 Å². The Morgan fingerprint density at radius 3 is 2.41 bits per heavy atom. The van der Waals surface area contributed by atoms with E-state index in [2.05, 4.69) is 0 Å². The fourth-order valence-electron chi connectivity index (χ4n) is 3.66. The van der Waals surface area contributed by atoms with Crippen LogP contribution in [0, 0.1) is 0 Å². The molecule has 1 unspecified atom stereocenters. The van der Waals surface area contributed by atoms with Crippen LogP contribution in [-0.4, -0.2) is 49.6 Å². The summed E-state index contributed by atoms with van der Waals surface area (Å²) < 4.78 is 40.4. The van der Waals surface area contributed by atoms with Crippen molar-refractivity contribution in [2.75, 3.05) is 27.4 Å². The van der Waals surface area contributed by atoms with E-state index in [4.69, 9.17) is 14.5 Å². The monoisotopic (exact) mass is 459 g/mol. The molecule has 0 bridgehead atoms. The smallest absolute Gasteiger partial charge is 0.261 e. The average molecular weight is 460 g/mol. The van der Waals surface area contributed by atoms with Crippen molar-refractivity contribution in [1.29, 1.82) is 0 Å². The summed E-state index contributed by atoms with van der Waals surface area (Å²) in [7, 11) is -0.860. The number of ether oxygens (including phenoxy) is 2. The van der Waals surface area contributed by atoms with Gasteiger partial charge in [-0.05, 0) is 49.7 Å². The first kappa shape index (κ1) is 23.9. The van der Waals surface area contributed by atoms with Gasteiger partial charge in [-0.25, -0.2) is 13.4 Å². The highest BCUT2D eigenvalue weighted by atomic mass is 32.2. The van der Waals surface area contributed by atoms with E-state index in [9.17, 15) is 13.2 Å². The molecule has 1 aromatic heterocycles. The van der Waals surface area contributed by atoms with Gasteiger partial charge in [-0.3, -0.25) is 9.36 Å². The predicted molar refractivity (Wildman–Crippen MR) is 123 cm³/mol. The van der Waals surface area contributed by atoms with Crippen LogP contribution in [0.2, 0.25) is 0 Å². The quantitative estimate of drug-likeness (QED) is 0.462. The molecule has 0 radical (unpaired) electrons. The lowest BCUT2D eigenvalue weighted by Crippen LogP contribution is -2.39. The second-order valence-electron chi connectivity index (χ2n) is 7.40. The maximum Gasteiger partial charge on any atom is 0.261 e. The maximum atomic E-state index is 13.6. The van der Waals surface area contributed by atoms with Crippen molar-refractivity contribution in [3.05, 3.63) is 64.7 Å². The van der Waals surface area contributed by atoms with E-state index in [-0.39, 0.29) is 23.6 Å². The van der Waals surface area contributed by atoms with E-state index in [1.54, 1.807) is 41.8 Å². The number of rotatable bonds is 10. The molecule has 0 spiro atoms. The zero-order valence-electron chi connectivity index (χ0n) is 18.8. The van der Waals surface area contributed by atoms with Gasteiger partial charge in [-0.2, -0.15) is 4.31 Å². The Labute approximate surface area is 188 Å². The highest BCUT2D eigenvalue weighted by Crippen LogP contribution is 2.28. The lowest BCUT2D eigenvalue weighted by Gasteiger charge is -2.29. The van der Waals surface area contributed by atoms with Gasteiger partial charge in [0.1, 0.15) is 11.6 Å². The summed E-state index contributed by atoms with van der Waals surface area (Å²) in [4.78, 5) is 18.0. The third-order valence-electron chi connectivity index (χ3n) is 5.33. The van der Waals surface area contributed by atoms with Crippen LogP contribution in [0.3, 0.4) is 0 Å². The highest BCUT2D eigenvalue weighted by Gasteiger charge is 2.32. The molecule has 8 nitrogen and oxygen atoms in total. The SMILES string of the molecule is CCCn1c(C(C)N(CCOC)S(=O)(=O)c2ccc(OC)cc2)nc2ccccc2c1=O. The molecule has 0 saturated carbocycles. The van der Waals surface area contributed by atoms with Gasteiger partial charge in [0.25, 0.3) is 5.56 Å². The number of aromatic nitrogens is 2. The van der Waals surface area contributed by atoms with Crippen molar-refractivity contribution in [1.82, 2.24) is 13.9 Å². The van der Waals surface area contributed by atoms with E-state index in [0.717, 1.165) is 0 Å². The fraction of sp³-hybridized carbons (Fsp3) is 0.391. The highest BCUT2D eigenvalue weighted by molar-refractivity contribution is 7.89. The van der Waals surface area contributed by atoms with Gasteiger partial charge in [0.2, 0.25) is 10.0 Å². The summed E-state index contributed by atoms with van der Waals surface area (Å²) in [5, 5.41) is 0.512. The number of nitrogens with zero attached hydrogens (tertiary/aromatic N) is 3. The molecule has 1 atom stereocenters. The van der Waals surface area contributed by atoms with Crippen molar-refractivity contribution in [3.63, 3.8) is 0 Å². The van der Waals surface area contributed by atoms with Crippen LogP contribution < -0.4 is 10.3 Å². The van der Waals surface area contributed by atoms with Crippen molar-refractivity contribution < 1.29 is 17.9 Å². The Kier molecular flexibility index (Phi) is 7.65. The summed E-state index contributed by atoms with van der Waals surface area (Å²) in [6, 6.07) is 12.6. The van der Waals surface area contributed by atoms with Crippen LogP contribution in [0.25, 0.3) is 10.9 Å². The largest absolute Gasteiger partial charge is 0.497 e. The number of methoxy groups -OCH3 is 2. The zero-order chi connectivity index (χ0) is 23.3. The van der Waals surface area contributed by atoms with Gasteiger partial charge < -0.3 is 9.47 Å². The van der Waals surface area contributed by atoms with E-state index < -0.39 is 16.1 Å². The number of sulfonamides is 1. The van der Waals surface area contributed by atoms with Gasteiger partial charge >= 0.3 is 0 Å². The first-order valence-corrected chi connectivity index (χ1v) is 11.9. The van der Waals surface area contributed by atoms with E-state index in [1.165, 1.54) is 30.7 Å². The fourth-order valence-corrected chi connectivity index (χ4v) is 5.24.